The molecule has 0 aliphatic carbocycles. The van der Waals surface area contributed by atoms with Crippen LogP contribution in [0.1, 0.15) is 31.7 Å². The van der Waals surface area contributed by atoms with E-state index in [4.69, 9.17) is 4.74 Å². The Kier molecular flexibility index (Phi) is 6.19. The number of thiophene rings is 1. The molecule has 0 radical (unpaired) electrons. The molecule has 120 valence electrons. The Morgan fingerprint density at radius 3 is 3.05 bits per heavy atom. The molecule has 21 heavy (non-hydrogen) atoms. The topological polar surface area (TPSA) is 58.6 Å². The van der Waals surface area contributed by atoms with E-state index in [9.17, 15) is 8.42 Å². The number of nitrogens with zero attached hydrogens (tertiary/aromatic N) is 1. The van der Waals surface area contributed by atoms with Crippen molar-refractivity contribution in [3.63, 3.8) is 0 Å². The smallest absolute Gasteiger partial charge is 0.252 e. The lowest BCUT2D eigenvalue weighted by atomic mass is 10.1. The second kappa shape index (κ2) is 7.69. The molecule has 2 rings (SSSR count). The predicted molar refractivity (Wildman–Crippen MR) is 85.1 cm³/mol. The van der Waals surface area contributed by atoms with E-state index in [0.29, 0.717) is 30.5 Å². The number of rotatable bonds is 7. The van der Waals surface area contributed by atoms with Crippen LogP contribution in [0.3, 0.4) is 0 Å². The first-order chi connectivity index (χ1) is 10.1. The summed E-state index contributed by atoms with van der Waals surface area (Å²) in [7, 11) is -1.52. The third kappa shape index (κ3) is 4.26. The highest BCUT2D eigenvalue weighted by Crippen LogP contribution is 2.27. The number of hydrogen-bond donors (Lipinski definition) is 1. The highest BCUT2D eigenvalue weighted by molar-refractivity contribution is 7.91. The quantitative estimate of drug-likeness (QED) is 0.830. The van der Waals surface area contributed by atoms with E-state index in [1.165, 1.54) is 11.3 Å². The Labute approximate surface area is 131 Å². The van der Waals surface area contributed by atoms with Crippen LogP contribution in [0.2, 0.25) is 0 Å². The average molecular weight is 332 g/mol. The number of ether oxygens (including phenoxy) is 1. The van der Waals surface area contributed by atoms with Crippen molar-refractivity contribution in [2.24, 2.45) is 0 Å². The molecule has 7 heteroatoms. The van der Waals surface area contributed by atoms with Crippen LogP contribution in [-0.4, -0.2) is 45.6 Å². The van der Waals surface area contributed by atoms with E-state index < -0.39 is 10.0 Å². The summed E-state index contributed by atoms with van der Waals surface area (Å²) in [6.07, 6.45) is 2.80. The molecular formula is C14H24N2O3S2. The molecule has 0 spiro atoms. The van der Waals surface area contributed by atoms with Crippen LogP contribution in [0.25, 0.3) is 0 Å². The third-order valence-corrected chi connectivity index (χ3v) is 6.83. The van der Waals surface area contributed by atoms with Gasteiger partial charge in [-0.15, -0.1) is 11.3 Å². The van der Waals surface area contributed by atoms with Crippen molar-refractivity contribution < 1.29 is 13.2 Å². The van der Waals surface area contributed by atoms with E-state index in [2.05, 4.69) is 12.2 Å². The fraction of sp³-hybridized carbons (Fsp3) is 0.714. The van der Waals surface area contributed by atoms with Gasteiger partial charge in [-0.25, -0.2) is 8.42 Å². The number of hydrogen-bond acceptors (Lipinski definition) is 5. The SMILES string of the molecule is CCCOC1CCCN(S(=O)(=O)c2cc(CNC)cs2)C1. The van der Waals surface area contributed by atoms with Crippen LogP contribution in [-0.2, 0) is 21.3 Å². The van der Waals surface area contributed by atoms with Crippen LogP contribution in [0.15, 0.2) is 15.7 Å². The van der Waals surface area contributed by atoms with Gasteiger partial charge in [-0.3, -0.25) is 0 Å². The lowest BCUT2D eigenvalue weighted by molar-refractivity contribution is 0.0194. The standard InChI is InChI=1S/C14H24N2O3S2/c1-3-7-19-13-5-4-6-16(10-13)21(17,18)14-8-12(9-15-2)11-20-14/h8,11,13,15H,3-7,9-10H2,1-2H3. The zero-order valence-corrected chi connectivity index (χ0v) is 14.3. The van der Waals surface area contributed by atoms with Gasteiger partial charge in [-0.05, 0) is 43.3 Å². The zero-order valence-electron chi connectivity index (χ0n) is 12.7. The first-order valence-electron chi connectivity index (χ1n) is 7.41. The van der Waals surface area contributed by atoms with Crippen molar-refractivity contribution in [1.82, 2.24) is 9.62 Å². The highest BCUT2D eigenvalue weighted by Gasteiger charge is 2.31. The Balaban J connectivity index is 2.06. The molecule has 1 unspecified atom stereocenters. The first-order valence-corrected chi connectivity index (χ1v) is 9.73. The van der Waals surface area contributed by atoms with Crippen molar-refractivity contribution in [1.29, 1.82) is 0 Å². The fourth-order valence-corrected chi connectivity index (χ4v) is 5.33. The van der Waals surface area contributed by atoms with Crippen molar-refractivity contribution in [3.05, 3.63) is 17.0 Å². The summed E-state index contributed by atoms with van der Waals surface area (Å²) in [5, 5.41) is 4.94. The third-order valence-electron chi connectivity index (χ3n) is 3.50. The second-order valence-corrected chi connectivity index (χ2v) is 8.38. The highest BCUT2D eigenvalue weighted by atomic mass is 32.2. The van der Waals surface area contributed by atoms with Crippen LogP contribution in [0, 0.1) is 0 Å². The summed E-state index contributed by atoms with van der Waals surface area (Å²) in [6.45, 7) is 4.51. The lowest BCUT2D eigenvalue weighted by Crippen LogP contribution is -2.43. The molecule has 0 amide bonds. The molecule has 1 aliphatic heterocycles. The van der Waals surface area contributed by atoms with Gasteiger partial charge in [-0.1, -0.05) is 6.92 Å². The van der Waals surface area contributed by atoms with Crippen molar-refractivity contribution in [2.45, 2.75) is 43.0 Å². The largest absolute Gasteiger partial charge is 0.377 e. The molecule has 0 aromatic carbocycles. The molecule has 1 aromatic heterocycles. The van der Waals surface area contributed by atoms with Gasteiger partial charge in [0.05, 0.1) is 6.10 Å². The number of nitrogens with one attached hydrogen (secondary N) is 1. The molecule has 0 bridgehead atoms. The minimum Gasteiger partial charge on any atom is -0.377 e. The molecule has 1 aromatic rings. The van der Waals surface area contributed by atoms with Crippen LogP contribution in [0.4, 0.5) is 0 Å². The molecule has 1 atom stereocenters. The van der Waals surface area contributed by atoms with E-state index >= 15 is 0 Å². The first kappa shape index (κ1) is 16.9. The fourth-order valence-electron chi connectivity index (χ4n) is 2.46. The lowest BCUT2D eigenvalue weighted by Gasteiger charge is -2.31. The molecule has 0 saturated carbocycles. The average Bonchev–Trinajstić information content (AvgIpc) is 2.95. The normalized spacial score (nSPS) is 20.8. The van der Waals surface area contributed by atoms with Gasteiger partial charge in [0.15, 0.2) is 0 Å². The van der Waals surface area contributed by atoms with E-state index in [1.54, 1.807) is 10.4 Å². The molecular weight excluding hydrogens is 308 g/mol. The van der Waals surface area contributed by atoms with Crippen molar-refractivity contribution >= 4 is 21.4 Å². The maximum atomic E-state index is 12.7. The summed E-state index contributed by atoms with van der Waals surface area (Å²) in [6, 6.07) is 1.77. The number of piperidine rings is 1. The summed E-state index contributed by atoms with van der Waals surface area (Å²) < 4.78 is 33.1. The molecule has 1 fully saturated rings. The Hall–Kier alpha value is -0.470. The molecule has 5 nitrogen and oxygen atoms in total. The molecule has 1 saturated heterocycles. The Morgan fingerprint density at radius 2 is 2.33 bits per heavy atom. The summed E-state index contributed by atoms with van der Waals surface area (Å²) in [5.74, 6) is 0. The van der Waals surface area contributed by atoms with Gasteiger partial charge in [0.25, 0.3) is 10.0 Å². The number of sulfonamides is 1. The molecule has 2 heterocycles. The van der Waals surface area contributed by atoms with Crippen molar-refractivity contribution in [3.8, 4) is 0 Å². The summed E-state index contributed by atoms with van der Waals surface area (Å²) in [4.78, 5) is 0. The van der Waals surface area contributed by atoms with Gasteiger partial charge in [0, 0.05) is 26.2 Å². The zero-order chi connectivity index (χ0) is 15.3. The van der Waals surface area contributed by atoms with Crippen LogP contribution in [0.5, 0.6) is 0 Å². The summed E-state index contributed by atoms with van der Waals surface area (Å²) >= 11 is 1.30. The van der Waals surface area contributed by atoms with E-state index in [1.807, 2.05) is 12.4 Å². The van der Waals surface area contributed by atoms with Crippen LogP contribution >= 0.6 is 11.3 Å². The van der Waals surface area contributed by atoms with Gasteiger partial charge < -0.3 is 10.1 Å². The Bertz CT molecular complexity index is 542. The Morgan fingerprint density at radius 1 is 1.52 bits per heavy atom. The monoisotopic (exact) mass is 332 g/mol. The van der Waals surface area contributed by atoms with E-state index in [0.717, 1.165) is 24.8 Å². The predicted octanol–water partition coefficient (Wildman–Crippen LogP) is 2.05. The maximum absolute atomic E-state index is 12.7. The minimum atomic E-state index is -3.37. The van der Waals surface area contributed by atoms with Crippen LogP contribution < -0.4 is 5.32 Å². The van der Waals surface area contributed by atoms with Gasteiger partial charge in [-0.2, -0.15) is 4.31 Å². The second-order valence-electron chi connectivity index (χ2n) is 5.30. The van der Waals surface area contributed by atoms with Gasteiger partial charge >= 0.3 is 0 Å². The summed E-state index contributed by atoms with van der Waals surface area (Å²) in [5.41, 5.74) is 1.01. The van der Waals surface area contributed by atoms with E-state index in [-0.39, 0.29) is 6.10 Å². The molecule has 1 aliphatic rings. The van der Waals surface area contributed by atoms with Crippen molar-refractivity contribution in [2.75, 3.05) is 26.7 Å². The van der Waals surface area contributed by atoms with Gasteiger partial charge in [0.2, 0.25) is 0 Å². The maximum Gasteiger partial charge on any atom is 0.252 e. The van der Waals surface area contributed by atoms with Gasteiger partial charge in [0.1, 0.15) is 4.21 Å². The molecule has 1 N–H and O–H groups in total. The minimum absolute atomic E-state index is 0.0326.